The van der Waals surface area contributed by atoms with E-state index in [1.165, 1.54) is 0 Å². The van der Waals surface area contributed by atoms with Crippen molar-refractivity contribution in [1.29, 1.82) is 0 Å². The molecule has 0 spiro atoms. The molecule has 0 aromatic heterocycles. The predicted octanol–water partition coefficient (Wildman–Crippen LogP) is -4.75. The predicted molar refractivity (Wildman–Crippen MR) is 29.4 cm³/mol. The van der Waals surface area contributed by atoms with E-state index in [2.05, 4.69) is 0 Å². The van der Waals surface area contributed by atoms with Gasteiger partial charge in [-0.25, -0.2) is 0 Å². The molecule has 1 atom stereocenters. The Balaban J connectivity index is -0.0000000817. The molecule has 10 heavy (non-hydrogen) atoms. The summed E-state index contributed by atoms with van der Waals surface area (Å²) in [4.78, 5) is 8.87. The third-order valence-corrected chi connectivity index (χ3v) is 0.764. The quantitative estimate of drug-likeness (QED) is 0.184. The Morgan fingerprint density at radius 1 is 1.60 bits per heavy atom. The van der Waals surface area contributed by atoms with Crippen molar-refractivity contribution < 1.29 is 51.6 Å². The number of nitro groups is 1. The van der Waals surface area contributed by atoms with Crippen molar-refractivity contribution in [3.8, 4) is 0 Å². The van der Waals surface area contributed by atoms with Crippen LogP contribution in [0.4, 0.5) is 0 Å². The summed E-state index contributed by atoms with van der Waals surface area (Å²) in [7, 11) is 0. The van der Waals surface area contributed by atoms with Gasteiger partial charge in [0.15, 0.2) is 0 Å². The summed E-state index contributed by atoms with van der Waals surface area (Å²) in [6, 6.07) is -1.30. The van der Waals surface area contributed by atoms with Crippen molar-refractivity contribution >= 4 is 0 Å². The molecule has 0 rings (SSSR count). The Kier molecular flexibility index (Phi) is 12.3. The molecule has 0 aliphatic rings. The van der Waals surface area contributed by atoms with Gasteiger partial charge in [0, 0.05) is 11.8 Å². The molecule has 0 amide bonds. The molecule has 0 saturated heterocycles. The van der Waals surface area contributed by atoms with Crippen LogP contribution >= 0.6 is 0 Å². The van der Waals surface area contributed by atoms with Crippen LogP contribution in [-0.2, 0) is 0 Å². The van der Waals surface area contributed by atoms with Crippen LogP contribution in [0.5, 0.6) is 0 Å². The van der Waals surface area contributed by atoms with Gasteiger partial charge >= 0.3 is 29.6 Å². The van der Waals surface area contributed by atoms with Gasteiger partial charge in [-0.3, -0.25) is 10.1 Å². The zero-order valence-electron chi connectivity index (χ0n) is 6.81. The van der Waals surface area contributed by atoms with E-state index in [4.69, 9.17) is 10.2 Å². The van der Waals surface area contributed by atoms with Gasteiger partial charge in [-0.1, -0.05) is 0 Å². The third kappa shape index (κ3) is 6.40. The number of rotatable bonds is 2. The van der Waals surface area contributed by atoms with E-state index in [-0.39, 0.29) is 36.5 Å². The molecule has 0 saturated carbocycles. The van der Waals surface area contributed by atoms with Gasteiger partial charge in [-0.05, 0) is 0 Å². The van der Waals surface area contributed by atoms with Crippen LogP contribution in [-0.4, -0.2) is 32.9 Å². The van der Waals surface area contributed by atoms with E-state index in [0.717, 1.165) is 6.92 Å². The van der Waals surface area contributed by atoms with Gasteiger partial charge < -0.3 is 17.1 Å². The molecule has 58 valence electrons. The van der Waals surface area contributed by atoms with Gasteiger partial charge in [0.05, 0.1) is 0 Å². The maximum atomic E-state index is 9.63. The van der Waals surface area contributed by atoms with E-state index in [1.807, 2.05) is 0 Å². The average molecular weight is 163 g/mol. The fourth-order valence-corrected chi connectivity index (χ4v) is 0.109. The van der Waals surface area contributed by atoms with Crippen molar-refractivity contribution in [1.82, 2.24) is 0 Å². The molecule has 0 radical (unpaired) electrons. The number of hydrogen-bond acceptors (Lipinski definition) is 4. The molecule has 0 aromatic rings. The number of aliphatic hydroxyl groups excluding tert-OH is 1. The van der Waals surface area contributed by atoms with E-state index >= 15 is 0 Å². The molecule has 0 heterocycles. The van der Waals surface area contributed by atoms with Gasteiger partial charge in [0.1, 0.15) is 0 Å². The molecule has 0 bridgehead atoms. The van der Waals surface area contributed by atoms with Crippen LogP contribution in [0.1, 0.15) is 8.35 Å². The van der Waals surface area contributed by atoms with Gasteiger partial charge in [0.25, 0.3) is 6.04 Å². The molecule has 1 unspecified atom stereocenters. The van der Waals surface area contributed by atoms with Gasteiger partial charge in [0.2, 0.25) is 6.29 Å². The first-order valence-electron chi connectivity index (χ1n) is 2.05. The Morgan fingerprint density at radius 3 is 1.90 bits per heavy atom. The molecule has 4 N–H and O–H groups in total. The first-order valence-corrected chi connectivity index (χ1v) is 2.05. The Labute approximate surface area is 81.1 Å². The molecule has 0 aromatic carbocycles. The summed E-state index contributed by atoms with van der Waals surface area (Å²) in [5.41, 5.74) is 0. The summed E-state index contributed by atoms with van der Waals surface area (Å²) in [6.45, 7) is 1.12. The molecular formula is C3H10NNaO5. The minimum atomic E-state index is -1.86. The van der Waals surface area contributed by atoms with Crippen LogP contribution in [0.15, 0.2) is 0 Å². The van der Waals surface area contributed by atoms with Crippen molar-refractivity contribution in [2.45, 2.75) is 19.3 Å². The molecular weight excluding hydrogens is 153 g/mol. The molecule has 0 aliphatic heterocycles. The van der Waals surface area contributed by atoms with E-state index in [0.29, 0.717) is 0 Å². The fraction of sp³-hybridized carbons (Fsp3) is 1.00. The van der Waals surface area contributed by atoms with E-state index < -0.39 is 17.3 Å². The first-order chi connectivity index (χ1) is 3.55. The molecule has 0 fully saturated rings. The van der Waals surface area contributed by atoms with E-state index in [1.54, 1.807) is 0 Å². The normalized spacial score (nSPS) is 11.2. The van der Waals surface area contributed by atoms with Crippen LogP contribution in [0.3, 0.4) is 0 Å². The first kappa shape index (κ1) is 16.7. The second-order valence-electron chi connectivity index (χ2n) is 1.44. The van der Waals surface area contributed by atoms with Crippen molar-refractivity contribution in [2.75, 3.05) is 0 Å². The van der Waals surface area contributed by atoms with Crippen LogP contribution in [0.25, 0.3) is 0 Å². The minimum Gasteiger partial charge on any atom is -1.00 e. The number of nitrogens with zero attached hydrogens (tertiary/aromatic N) is 1. The average Bonchev–Trinajstić information content (AvgIpc) is 1.64. The Hall–Kier alpha value is 0.280. The third-order valence-electron chi connectivity index (χ3n) is 0.764. The number of aliphatic hydroxyl groups is 2. The molecule has 7 heteroatoms. The second-order valence-corrected chi connectivity index (χ2v) is 1.44. The van der Waals surface area contributed by atoms with Crippen molar-refractivity contribution in [2.24, 2.45) is 0 Å². The zero-order chi connectivity index (χ0) is 6.73. The van der Waals surface area contributed by atoms with Crippen LogP contribution in [0, 0.1) is 10.1 Å². The summed E-state index contributed by atoms with van der Waals surface area (Å²) in [5, 5.41) is 25.8. The van der Waals surface area contributed by atoms with Gasteiger partial charge in [-0.2, -0.15) is 0 Å². The SMILES string of the molecule is CC(C(O)O)[N+](=O)[O-].O.[H-].[Na+]. The van der Waals surface area contributed by atoms with E-state index in [9.17, 15) is 10.1 Å². The second kappa shape index (κ2) is 7.39. The monoisotopic (exact) mass is 163 g/mol. The minimum absolute atomic E-state index is 0. The van der Waals surface area contributed by atoms with Crippen LogP contribution in [0.2, 0.25) is 0 Å². The molecule has 0 aliphatic carbocycles. The molecule has 6 nitrogen and oxygen atoms in total. The largest absolute Gasteiger partial charge is 1.00 e. The zero-order valence-corrected chi connectivity index (χ0v) is 7.81. The van der Waals surface area contributed by atoms with Crippen LogP contribution < -0.4 is 29.6 Å². The fourth-order valence-electron chi connectivity index (χ4n) is 0.109. The Morgan fingerprint density at radius 2 is 1.90 bits per heavy atom. The maximum Gasteiger partial charge on any atom is 1.00 e. The summed E-state index contributed by atoms with van der Waals surface area (Å²) in [5.74, 6) is 0. The van der Waals surface area contributed by atoms with Gasteiger partial charge in [-0.15, -0.1) is 0 Å². The van der Waals surface area contributed by atoms with Crippen molar-refractivity contribution in [3.05, 3.63) is 10.1 Å². The smallest absolute Gasteiger partial charge is 1.00 e. The summed E-state index contributed by atoms with van der Waals surface area (Å²) in [6.07, 6.45) is -1.86. The maximum absolute atomic E-state index is 9.63. The topological polar surface area (TPSA) is 115 Å². The standard InChI is InChI=1S/C3H7NO4.Na.H2O.H/c1-2(3(5)6)4(7)8;;;/h2-3,5-6H,1H3;;1H2;/q;+1;;-1. The van der Waals surface area contributed by atoms with Crippen molar-refractivity contribution in [3.63, 3.8) is 0 Å². The summed E-state index contributed by atoms with van der Waals surface area (Å²) < 4.78 is 0. The Bertz CT molecular complexity index is 102. The number of hydrogen-bond donors (Lipinski definition) is 2. The summed E-state index contributed by atoms with van der Waals surface area (Å²) >= 11 is 0.